The first-order valence-electron chi connectivity index (χ1n) is 5.00. The standard InChI is InChI=1S/C7H12N2.C3H6O2/c8-4-1-7-2-5-9-6-3-7;1-2-3(4)5/h7,9H,1-3,5-6H2;2H2,1H3,(H,4,5). The van der Waals surface area contributed by atoms with E-state index in [9.17, 15) is 4.79 Å². The molecule has 1 saturated heterocycles. The molecule has 1 fully saturated rings. The number of carbonyl (C=O) groups is 1. The number of nitrogens with one attached hydrogen (secondary N) is 1. The van der Waals surface area contributed by atoms with Crippen LogP contribution in [0.25, 0.3) is 0 Å². The van der Waals surface area contributed by atoms with Gasteiger partial charge in [-0.25, -0.2) is 0 Å². The summed E-state index contributed by atoms with van der Waals surface area (Å²) in [5, 5.41) is 19.3. The van der Waals surface area contributed by atoms with Gasteiger partial charge in [0.1, 0.15) is 0 Å². The lowest BCUT2D eigenvalue weighted by atomic mass is 9.96. The molecule has 1 aliphatic rings. The number of aliphatic carboxylic acids is 1. The predicted octanol–water partition coefficient (Wildman–Crippen LogP) is 1.38. The zero-order valence-corrected chi connectivity index (χ0v) is 8.62. The third kappa shape index (κ3) is 7.56. The van der Waals surface area contributed by atoms with Crippen molar-refractivity contribution in [1.29, 1.82) is 5.26 Å². The molecule has 0 aromatic heterocycles. The van der Waals surface area contributed by atoms with Gasteiger partial charge in [0.25, 0.3) is 0 Å². The Kier molecular flexibility index (Phi) is 7.86. The fourth-order valence-corrected chi connectivity index (χ4v) is 1.21. The second-order valence-corrected chi connectivity index (χ2v) is 3.30. The van der Waals surface area contributed by atoms with Crippen molar-refractivity contribution in [3.63, 3.8) is 0 Å². The van der Waals surface area contributed by atoms with Crippen molar-refractivity contribution in [3.8, 4) is 6.07 Å². The smallest absolute Gasteiger partial charge is 0.303 e. The fourth-order valence-electron chi connectivity index (χ4n) is 1.21. The maximum absolute atomic E-state index is 9.37. The lowest BCUT2D eigenvalue weighted by Gasteiger charge is -2.19. The third-order valence-corrected chi connectivity index (χ3v) is 2.14. The van der Waals surface area contributed by atoms with Gasteiger partial charge < -0.3 is 10.4 Å². The molecule has 0 bridgehead atoms. The van der Waals surface area contributed by atoms with Gasteiger partial charge in [-0.05, 0) is 31.8 Å². The Morgan fingerprint density at radius 2 is 2.07 bits per heavy atom. The molecule has 0 unspecified atom stereocenters. The van der Waals surface area contributed by atoms with Gasteiger partial charge in [0.15, 0.2) is 0 Å². The molecular weight excluding hydrogens is 180 g/mol. The highest BCUT2D eigenvalue weighted by Gasteiger charge is 2.11. The quantitative estimate of drug-likeness (QED) is 0.703. The maximum Gasteiger partial charge on any atom is 0.303 e. The number of hydrogen-bond acceptors (Lipinski definition) is 3. The summed E-state index contributed by atoms with van der Waals surface area (Å²) < 4.78 is 0. The summed E-state index contributed by atoms with van der Waals surface area (Å²) in [5.74, 6) is -0.0683. The van der Waals surface area contributed by atoms with Gasteiger partial charge >= 0.3 is 5.97 Å². The van der Waals surface area contributed by atoms with Crippen molar-refractivity contribution in [2.45, 2.75) is 32.6 Å². The molecule has 0 aromatic rings. The Bertz CT molecular complexity index is 193. The van der Waals surface area contributed by atoms with Crippen LogP contribution >= 0.6 is 0 Å². The molecule has 0 aromatic carbocycles. The van der Waals surface area contributed by atoms with E-state index in [0.29, 0.717) is 5.92 Å². The van der Waals surface area contributed by atoms with Gasteiger partial charge in [-0.2, -0.15) is 5.26 Å². The molecule has 2 N–H and O–H groups in total. The predicted molar refractivity (Wildman–Crippen MR) is 53.8 cm³/mol. The molecule has 1 heterocycles. The van der Waals surface area contributed by atoms with Crippen LogP contribution in [-0.4, -0.2) is 24.2 Å². The first kappa shape index (κ1) is 12.9. The van der Waals surface area contributed by atoms with Crippen LogP contribution in [0.2, 0.25) is 0 Å². The van der Waals surface area contributed by atoms with E-state index in [-0.39, 0.29) is 6.42 Å². The molecule has 0 spiro atoms. The largest absolute Gasteiger partial charge is 0.481 e. The highest BCUT2D eigenvalue weighted by molar-refractivity contribution is 5.66. The summed E-state index contributed by atoms with van der Waals surface area (Å²) in [6.45, 7) is 3.81. The zero-order valence-electron chi connectivity index (χ0n) is 8.62. The average Bonchev–Trinajstić information content (AvgIpc) is 2.21. The van der Waals surface area contributed by atoms with E-state index in [2.05, 4.69) is 11.4 Å². The topological polar surface area (TPSA) is 73.1 Å². The van der Waals surface area contributed by atoms with Gasteiger partial charge in [0.2, 0.25) is 0 Å². The van der Waals surface area contributed by atoms with Gasteiger partial charge in [-0.3, -0.25) is 4.79 Å². The number of rotatable bonds is 2. The molecule has 4 nitrogen and oxygen atoms in total. The van der Waals surface area contributed by atoms with Crippen LogP contribution in [0.15, 0.2) is 0 Å². The molecule has 4 heteroatoms. The van der Waals surface area contributed by atoms with Gasteiger partial charge in [-0.15, -0.1) is 0 Å². The molecule has 1 rings (SSSR count). The maximum atomic E-state index is 9.37. The lowest BCUT2D eigenvalue weighted by molar-refractivity contribution is -0.136. The van der Waals surface area contributed by atoms with Crippen LogP contribution < -0.4 is 5.32 Å². The Morgan fingerprint density at radius 3 is 2.43 bits per heavy atom. The van der Waals surface area contributed by atoms with E-state index in [1.54, 1.807) is 6.92 Å². The monoisotopic (exact) mass is 198 g/mol. The molecule has 0 radical (unpaired) electrons. The second-order valence-electron chi connectivity index (χ2n) is 3.30. The minimum Gasteiger partial charge on any atom is -0.481 e. The first-order valence-corrected chi connectivity index (χ1v) is 5.00. The number of carboxylic acid groups (broad SMARTS) is 1. The summed E-state index contributed by atoms with van der Waals surface area (Å²) >= 11 is 0. The van der Waals surface area contributed by atoms with E-state index in [0.717, 1.165) is 19.5 Å². The number of nitrogens with zero attached hydrogens (tertiary/aromatic N) is 1. The Morgan fingerprint density at radius 1 is 1.57 bits per heavy atom. The highest BCUT2D eigenvalue weighted by atomic mass is 16.4. The average molecular weight is 198 g/mol. The van der Waals surface area contributed by atoms with Crippen LogP contribution in [0, 0.1) is 17.2 Å². The van der Waals surface area contributed by atoms with Crippen LogP contribution in [0.4, 0.5) is 0 Å². The van der Waals surface area contributed by atoms with Crippen molar-refractivity contribution in [1.82, 2.24) is 5.32 Å². The van der Waals surface area contributed by atoms with Crippen LogP contribution in [0.5, 0.6) is 0 Å². The van der Waals surface area contributed by atoms with Crippen LogP contribution in [0.1, 0.15) is 32.6 Å². The first-order chi connectivity index (χ1) is 6.70. The van der Waals surface area contributed by atoms with Gasteiger partial charge in [-0.1, -0.05) is 6.92 Å². The minimum atomic E-state index is -0.745. The fraction of sp³-hybridized carbons (Fsp3) is 0.800. The van der Waals surface area contributed by atoms with E-state index in [1.807, 2.05) is 0 Å². The zero-order chi connectivity index (χ0) is 10.8. The SMILES string of the molecule is CCC(=O)O.N#CCC1CCNCC1. The van der Waals surface area contributed by atoms with Gasteiger partial charge in [0.05, 0.1) is 6.07 Å². The molecular formula is C10H18N2O2. The van der Waals surface area contributed by atoms with Crippen molar-refractivity contribution in [2.75, 3.05) is 13.1 Å². The number of nitriles is 1. The summed E-state index contributed by atoms with van der Waals surface area (Å²) in [6.07, 6.45) is 3.35. The van der Waals surface area contributed by atoms with Crippen molar-refractivity contribution in [2.24, 2.45) is 5.92 Å². The van der Waals surface area contributed by atoms with E-state index < -0.39 is 5.97 Å². The van der Waals surface area contributed by atoms with Crippen molar-refractivity contribution >= 4 is 5.97 Å². The van der Waals surface area contributed by atoms with E-state index in [4.69, 9.17) is 10.4 Å². The number of piperidine rings is 1. The van der Waals surface area contributed by atoms with Crippen molar-refractivity contribution < 1.29 is 9.90 Å². The van der Waals surface area contributed by atoms with Crippen LogP contribution in [-0.2, 0) is 4.79 Å². The number of hydrogen-bond donors (Lipinski definition) is 2. The molecule has 0 atom stereocenters. The van der Waals surface area contributed by atoms with Crippen molar-refractivity contribution in [3.05, 3.63) is 0 Å². The summed E-state index contributed by atoms with van der Waals surface area (Å²) in [6, 6.07) is 2.21. The molecule has 80 valence electrons. The molecule has 1 aliphatic heterocycles. The van der Waals surface area contributed by atoms with Crippen LogP contribution in [0.3, 0.4) is 0 Å². The summed E-state index contributed by atoms with van der Waals surface area (Å²) in [4.78, 5) is 9.37. The molecule has 14 heavy (non-hydrogen) atoms. The molecule has 0 aliphatic carbocycles. The molecule has 0 amide bonds. The second kappa shape index (κ2) is 8.52. The summed E-state index contributed by atoms with van der Waals surface area (Å²) in [7, 11) is 0. The number of carboxylic acids is 1. The minimum absolute atomic E-state index is 0.222. The van der Waals surface area contributed by atoms with E-state index in [1.165, 1.54) is 12.8 Å². The van der Waals surface area contributed by atoms with Gasteiger partial charge in [0, 0.05) is 12.8 Å². The third-order valence-electron chi connectivity index (χ3n) is 2.14. The highest BCUT2D eigenvalue weighted by Crippen LogP contribution is 2.14. The Labute approximate surface area is 84.9 Å². The lowest BCUT2D eigenvalue weighted by Crippen LogP contribution is -2.27. The normalized spacial score (nSPS) is 16.3. The van der Waals surface area contributed by atoms with E-state index >= 15 is 0 Å². The Balaban J connectivity index is 0.000000292. The molecule has 0 saturated carbocycles. The Hall–Kier alpha value is -1.08. The summed E-state index contributed by atoms with van der Waals surface area (Å²) in [5.41, 5.74) is 0.